The number of nitrogens with zero attached hydrogens (tertiary/aromatic N) is 2. The van der Waals surface area contributed by atoms with E-state index in [-0.39, 0.29) is 11.6 Å². The molecule has 0 spiro atoms. The number of aromatic amines is 1. The molecule has 0 bridgehead atoms. The van der Waals surface area contributed by atoms with E-state index in [9.17, 15) is 9.59 Å². The van der Waals surface area contributed by atoms with Crippen molar-refractivity contribution in [2.45, 2.75) is 19.4 Å². The molecule has 3 rings (SSSR count). The topological polar surface area (TPSA) is 86.3 Å². The molecular formula is C13H13N3O3S. The van der Waals surface area contributed by atoms with Gasteiger partial charge >= 0.3 is 5.97 Å². The standard InChI is InChI=1S/C13H13N3O3S/c1-7-2-3-11(20-7)8-6-9(15-14-8)12(17)16-5-4-10(16)13(18)19/h2-3,6,10H,4-5H2,1H3,(H,14,15)(H,18,19). The molecule has 1 aliphatic rings. The van der Waals surface area contributed by atoms with Crippen LogP contribution in [0.3, 0.4) is 0 Å². The number of aliphatic carboxylic acids is 1. The Kier molecular flexibility index (Phi) is 3.06. The summed E-state index contributed by atoms with van der Waals surface area (Å²) in [5.74, 6) is -1.30. The molecule has 2 aromatic heterocycles. The van der Waals surface area contributed by atoms with Gasteiger partial charge < -0.3 is 10.0 Å². The summed E-state index contributed by atoms with van der Waals surface area (Å²) in [5, 5.41) is 15.8. The molecule has 7 heteroatoms. The van der Waals surface area contributed by atoms with Gasteiger partial charge in [0.25, 0.3) is 5.91 Å². The molecular weight excluding hydrogens is 278 g/mol. The van der Waals surface area contributed by atoms with Crippen molar-refractivity contribution in [2.24, 2.45) is 0 Å². The molecule has 0 radical (unpaired) electrons. The second-order valence-corrected chi connectivity index (χ2v) is 6.01. The third-order valence-electron chi connectivity index (χ3n) is 3.37. The Labute approximate surface area is 119 Å². The summed E-state index contributed by atoms with van der Waals surface area (Å²) in [6.45, 7) is 2.48. The first-order valence-electron chi connectivity index (χ1n) is 6.22. The highest BCUT2D eigenvalue weighted by atomic mass is 32.1. The van der Waals surface area contributed by atoms with Crippen LogP contribution < -0.4 is 0 Å². The lowest BCUT2D eigenvalue weighted by atomic mass is 10.0. The van der Waals surface area contributed by atoms with E-state index in [2.05, 4.69) is 10.2 Å². The van der Waals surface area contributed by atoms with Crippen LogP contribution in [0, 0.1) is 6.92 Å². The average molecular weight is 291 g/mol. The quantitative estimate of drug-likeness (QED) is 0.902. The van der Waals surface area contributed by atoms with Gasteiger partial charge in [0, 0.05) is 11.4 Å². The highest BCUT2D eigenvalue weighted by Gasteiger charge is 2.38. The van der Waals surface area contributed by atoms with Gasteiger partial charge in [-0.25, -0.2) is 4.79 Å². The maximum absolute atomic E-state index is 12.2. The number of carbonyl (C=O) groups is 2. The summed E-state index contributed by atoms with van der Waals surface area (Å²) in [7, 11) is 0. The summed E-state index contributed by atoms with van der Waals surface area (Å²) < 4.78 is 0. The van der Waals surface area contributed by atoms with Crippen LogP contribution in [-0.4, -0.2) is 44.7 Å². The van der Waals surface area contributed by atoms with Gasteiger partial charge in [-0.1, -0.05) is 0 Å². The summed E-state index contributed by atoms with van der Waals surface area (Å²) >= 11 is 1.61. The van der Waals surface area contributed by atoms with Crippen LogP contribution in [0.4, 0.5) is 0 Å². The van der Waals surface area contributed by atoms with Crippen molar-refractivity contribution < 1.29 is 14.7 Å². The zero-order valence-corrected chi connectivity index (χ0v) is 11.6. The van der Waals surface area contributed by atoms with Gasteiger partial charge in [0.2, 0.25) is 0 Å². The van der Waals surface area contributed by atoms with E-state index < -0.39 is 12.0 Å². The Morgan fingerprint density at radius 3 is 2.85 bits per heavy atom. The Hall–Kier alpha value is -2.15. The van der Waals surface area contributed by atoms with E-state index >= 15 is 0 Å². The molecule has 0 saturated carbocycles. The fourth-order valence-corrected chi connectivity index (χ4v) is 3.00. The van der Waals surface area contributed by atoms with Gasteiger partial charge in [-0.05, 0) is 31.5 Å². The fraction of sp³-hybridized carbons (Fsp3) is 0.308. The minimum atomic E-state index is -0.964. The largest absolute Gasteiger partial charge is 0.480 e. The molecule has 0 aromatic carbocycles. The number of H-pyrrole nitrogens is 1. The number of aromatic nitrogens is 2. The third kappa shape index (κ3) is 2.09. The number of rotatable bonds is 3. The van der Waals surface area contributed by atoms with E-state index in [1.54, 1.807) is 17.4 Å². The predicted molar refractivity (Wildman–Crippen MR) is 73.7 cm³/mol. The van der Waals surface area contributed by atoms with Gasteiger partial charge in [-0.2, -0.15) is 5.10 Å². The van der Waals surface area contributed by atoms with Crippen LogP contribution in [0.5, 0.6) is 0 Å². The zero-order valence-electron chi connectivity index (χ0n) is 10.8. The van der Waals surface area contributed by atoms with Crippen molar-refractivity contribution in [1.29, 1.82) is 0 Å². The molecule has 6 nitrogen and oxygen atoms in total. The number of likely N-dealkylation sites (tertiary alicyclic amines) is 1. The molecule has 20 heavy (non-hydrogen) atoms. The van der Waals surface area contributed by atoms with Crippen LogP contribution in [-0.2, 0) is 4.79 Å². The van der Waals surface area contributed by atoms with E-state index in [0.29, 0.717) is 13.0 Å². The Morgan fingerprint density at radius 1 is 1.50 bits per heavy atom. The fourth-order valence-electron chi connectivity index (χ4n) is 2.17. The predicted octanol–water partition coefficient (Wildman–Crippen LogP) is 1.75. The minimum Gasteiger partial charge on any atom is -0.480 e. The molecule has 2 N–H and O–H groups in total. The molecule has 1 atom stereocenters. The van der Waals surface area contributed by atoms with Gasteiger partial charge in [-0.15, -0.1) is 11.3 Å². The number of nitrogens with one attached hydrogen (secondary N) is 1. The Bertz CT molecular complexity index is 676. The number of carbonyl (C=O) groups excluding carboxylic acids is 1. The van der Waals surface area contributed by atoms with Crippen molar-refractivity contribution in [3.05, 3.63) is 28.8 Å². The summed E-state index contributed by atoms with van der Waals surface area (Å²) in [4.78, 5) is 26.6. The second kappa shape index (κ2) is 4.75. The maximum atomic E-state index is 12.2. The number of aryl methyl sites for hydroxylation is 1. The van der Waals surface area contributed by atoms with Crippen LogP contribution in [0.15, 0.2) is 18.2 Å². The summed E-state index contributed by atoms with van der Waals surface area (Å²) in [6, 6.07) is 4.92. The molecule has 2 aromatic rings. The Morgan fingerprint density at radius 2 is 2.30 bits per heavy atom. The molecule has 104 valence electrons. The highest BCUT2D eigenvalue weighted by molar-refractivity contribution is 7.15. The lowest BCUT2D eigenvalue weighted by Gasteiger charge is -2.37. The molecule has 0 aliphatic carbocycles. The third-order valence-corrected chi connectivity index (χ3v) is 4.40. The first-order chi connectivity index (χ1) is 9.56. The lowest BCUT2D eigenvalue weighted by Crippen LogP contribution is -2.55. The second-order valence-electron chi connectivity index (χ2n) is 4.72. The highest BCUT2D eigenvalue weighted by Crippen LogP contribution is 2.27. The monoisotopic (exact) mass is 291 g/mol. The van der Waals surface area contributed by atoms with Crippen molar-refractivity contribution in [3.8, 4) is 10.6 Å². The summed E-state index contributed by atoms with van der Waals surface area (Å²) in [6.07, 6.45) is 0.502. The average Bonchev–Trinajstić information content (AvgIpc) is 2.94. The minimum absolute atomic E-state index is 0.261. The zero-order chi connectivity index (χ0) is 14.3. The van der Waals surface area contributed by atoms with Gasteiger partial charge in [0.1, 0.15) is 6.04 Å². The van der Waals surface area contributed by atoms with Crippen LogP contribution in [0.25, 0.3) is 10.6 Å². The number of hydrogen-bond acceptors (Lipinski definition) is 4. The lowest BCUT2D eigenvalue weighted by molar-refractivity contribution is -0.146. The number of amides is 1. The van der Waals surface area contributed by atoms with Crippen LogP contribution >= 0.6 is 11.3 Å². The Balaban J connectivity index is 1.80. The number of carboxylic acid groups (broad SMARTS) is 1. The number of hydrogen-bond donors (Lipinski definition) is 2. The van der Waals surface area contributed by atoms with E-state index in [1.165, 1.54) is 9.78 Å². The molecule has 1 saturated heterocycles. The molecule has 1 aliphatic heterocycles. The van der Waals surface area contributed by atoms with Crippen LogP contribution in [0.2, 0.25) is 0 Å². The molecule has 1 fully saturated rings. The van der Waals surface area contributed by atoms with Crippen molar-refractivity contribution in [2.75, 3.05) is 6.54 Å². The van der Waals surface area contributed by atoms with E-state index in [0.717, 1.165) is 10.6 Å². The van der Waals surface area contributed by atoms with Gasteiger partial charge in [0.15, 0.2) is 5.69 Å². The smallest absolute Gasteiger partial charge is 0.326 e. The summed E-state index contributed by atoms with van der Waals surface area (Å²) in [5.41, 5.74) is 1.04. The van der Waals surface area contributed by atoms with E-state index in [4.69, 9.17) is 5.11 Å². The van der Waals surface area contributed by atoms with E-state index in [1.807, 2.05) is 19.1 Å². The maximum Gasteiger partial charge on any atom is 0.326 e. The first-order valence-corrected chi connectivity index (χ1v) is 7.04. The van der Waals surface area contributed by atoms with Gasteiger partial charge in [-0.3, -0.25) is 9.89 Å². The number of thiophene rings is 1. The van der Waals surface area contributed by atoms with Gasteiger partial charge in [0.05, 0.1) is 10.6 Å². The first kappa shape index (κ1) is 12.9. The number of carboxylic acids is 1. The SMILES string of the molecule is Cc1ccc(-c2cc(C(=O)N3CCC3C(=O)O)n[nH]2)s1. The van der Waals surface area contributed by atoms with Crippen molar-refractivity contribution in [1.82, 2.24) is 15.1 Å². The molecule has 1 unspecified atom stereocenters. The van der Waals surface area contributed by atoms with Crippen molar-refractivity contribution in [3.63, 3.8) is 0 Å². The normalized spacial score (nSPS) is 17.9. The molecule has 3 heterocycles. The molecule has 1 amide bonds. The van der Waals surface area contributed by atoms with Crippen LogP contribution in [0.1, 0.15) is 21.8 Å². The van der Waals surface area contributed by atoms with Crippen molar-refractivity contribution >= 4 is 23.2 Å².